The summed E-state index contributed by atoms with van der Waals surface area (Å²) >= 11 is 0. The molecule has 2 aromatic rings. The van der Waals surface area contributed by atoms with Crippen LogP contribution in [0.2, 0.25) is 0 Å². The van der Waals surface area contributed by atoms with Gasteiger partial charge >= 0.3 is 24.5 Å². The number of alkyl halides is 9. The Morgan fingerprint density at radius 2 is 1.03 bits per heavy atom. The highest BCUT2D eigenvalue weighted by molar-refractivity contribution is 5.73. The zero-order valence-electron chi connectivity index (χ0n) is 16.3. The van der Waals surface area contributed by atoms with E-state index in [1.165, 1.54) is 0 Å². The number of benzene rings is 2. The molecule has 0 amide bonds. The first-order valence-electron chi connectivity index (χ1n) is 8.36. The molecule has 13 heteroatoms. The van der Waals surface area contributed by atoms with Gasteiger partial charge in [0.1, 0.15) is 0 Å². The summed E-state index contributed by atoms with van der Waals surface area (Å²) in [7, 11) is 3.66. The van der Waals surface area contributed by atoms with E-state index in [1.807, 2.05) is 19.0 Å². The highest BCUT2D eigenvalue weighted by Gasteiger charge is 2.71. The summed E-state index contributed by atoms with van der Waals surface area (Å²) in [6, 6.07) is 10.4. The van der Waals surface area contributed by atoms with Gasteiger partial charge in [-0.15, -0.1) is 0 Å². The predicted octanol–water partition coefficient (Wildman–Crippen LogP) is 5.37. The maximum Gasteiger partial charge on any atom is 0.490 e. The Kier molecular flexibility index (Phi) is 7.84. The number of nitrogens with zero attached hydrogens (tertiary/aromatic N) is 1. The molecule has 0 atom stereocenters. The Labute approximate surface area is 175 Å². The number of hydrogen-bond acceptors (Lipinski definition) is 3. The van der Waals surface area contributed by atoms with Crippen molar-refractivity contribution in [2.75, 3.05) is 19.0 Å². The van der Waals surface area contributed by atoms with E-state index in [-0.39, 0.29) is 0 Å². The van der Waals surface area contributed by atoms with Crippen molar-refractivity contribution in [2.24, 2.45) is 0 Å². The molecule has 0 bridgehead atoms. The average molecular weight is 477 g/mol. The molecule has 32 heavy (non-hydrogen) atoms. The van der Waals surface area contributed by atoms with Gasteiger partial charge in [-0.3, -0.25) is 0 Å². The minimum absolute atomic E-state index is 0.431. The van der Waals surface area contributed by atoms with Gasteiger partial charge in [-0.05, 0) is 23.3 Å². The number of aliphatic carboxylic acids is 1. The summed E-state index contributed by atoms with van der Waals surface area (Å²) in [6.07, 6.45) is -16.9. The largest absolute Gasteiger partial charge is 0.490 e. The molecule has 2 N–H and O–H groups in total. The second-order valence-electron chi connectivity index (χ2n) is 6.53. The van der Waals surface area contributed by atoms with E-state index < -0.39 is 35.7 Å². The zero-order valence-corrected chi connectivity index (χ0v) is 16.3. The monoisotopic (exact) mass is 477 g/mol. The number of anilines is 1. The average Bonchev–Trinajstić information content (AvgIpc) is 2.65. The van der Waals surface area contributed by atoms with Crippen LogP contribution in [0.25, 0.3) is 11.1 Å². The third-order valence-corrected chi connectivity index (χ3v) is 4.08. The van der Waals surface area contributed by atoms with Crippen LogP contribution in [0.15, 0.2) is 48.5 Å². The molecule has 4 nitrogen and oxygen atoms in total. The van der Waals surface area contributed by atoms with Crippen LogP contribution in [-0.2, 0) is 10.4 Å². The molecule has 0 heterocycles. The first-order valence-corrected chi connectivity index (χ1v) is 8.36. The van der Waals surface area contributed by atoms with Crippen molar-refractivity contribution >= 4 is 11.7 Å². The lowest BCUT2D eigenvalue weighted by molar-refractivity contribution is -0.376. The number of carboxylic acid groups (broad SMARTS) is 1. The highest BCUT2D eigenvalue weighted by atomic mass is 19.4. The summed E-state index contributed by atoms with van der Waals surface area (Å²) in [5.74, 6) is -2.76. The fourth-order valence-corrected chi connectivity index (χ4v) is 2.34. The van der Waals surface area contributed by atoms with Crippen LogP contribution in [0.3, 0.4) is 0 Å². The van der Waals surface area contributed by atoms with E-state index >= 15 is 0 Å². The summed E-state index contributed by atoms with van der Waals surface area (Å²) in [4.78, 5) is 10.7. The molecular formula is C19H16F9NO3. The predicted molar refractivity (Wildman–Crippen MR) is 95.9 cm³/mol. The molecule has 0 radical (unpaired) electrons. The van der Waals surface area contributed by atoms with Gasteiger partial charge in [0.25, 0.3) is 5.60 Å². The van der Waals surface area contributed by atoms with E-state index in [0.29, 0.717) is 23.3 Å². The zero-order chi connectivity index (χ0) is 25.1. The Bertz CT molecular complexity index is 886. The lowest BCUT2D eigenvalue weighted by Crippen LogP contribution is -2.53. The fourth-order valence-electron chi connectivity index (χ4n) is 2.34. The van der Waals surface area contributed by atoms with Crippen molar-refractivity contribution in [2.45, 2.75) is 24.1 Å². The first-order chi connectivity index (χ1) is 14.3. The topological polar surface area (TPSA) is 60.8 Å². The SMILES string of the molecule is CN(C)c1ccc(-c2ccc(C(O)(C(F)(F)F)C(F)(F)F)cc2)cc1.O=C(O)C(F)(F)F. The molecular weight excluding hydrogens is 461 g/mol. The maximum atomic E-state index is 12.9. The lowest BCUT2D eigenvalue weighted by Gasteiger charge is -2.32. The van der Waals surface area contributed by atoms with Crippen molar-refractivity contribution in [1.29, 1.82) is 0 Å². The van der Waals surface area contributed by atoms with Crippen molar-refractivity contribution in [3.63, 3.8) is 0 Å². The van der Waals surface area contributed by atoms with Gasteiger partial charge in [-0.2, -0.15) is 39.5 Å². The second kappa shape index (κ2) is 9.27. The lowest BCUT2D eigenvalue weighted by atomic mass is 9.90. The standard InChI is InChI=1S/C17H15F6NO.C2HF3O2/c1-24(2)14-9-5-12(6-10-14)11-3-7-13(8-4-11)15(25,16(18,19)20)17(21,22)23;3-2(4,5)1(6)7/h3-10,25H,1-2H3;(H,6,7). The van der Waals surface area contributed by atoms with E-state index in [2.05, 4.69) is 0 Å². The van der Waals surface area contributed by atoms with Crippen LogP contribution in [0, 0.1) is 0 Å². The van der Waals surface area contributed by atoms with Gasteiger partial charge < -0.3 is 15.1 Å². The van der Waals surface area contributed by atoms with Gasteiger partial charge in [0.15, 0.2) is 0 Å². The number of carbonyl (C=O) groups is 1. The molecule has 2 aromatic carbocycles. The van der Waals surface area contributed by atoms with Crippen LogP contribution in [-0.4, -0.2) is 48.8 Å². The van der Waals surface area contributed by atoms with Crippen molar-refractivity contribution in [3.8, 4) is 11.1 Å². The molecule has 0 spiro atoms. The number of aliphatic hydroxyl groups is 1. The Balaban J connectivity index is 0.000000633. The van der Waals surface area contributed by atoms with Crippen molar-refractivity contribution in [1.82, 2.24) is 0 Å². The molecule has 0 saturated carbocycles. The van der Waals surface area contributed by atoms with Crippen LogP contribution in [0.5, 0.6) is 0 Å². The van der Waals surface area contributed by atoms with Crippen LogP contribution in [0.1, 0.15) is 5.56 Å². The van der Waals surface area contributed by atoms with Crippen molar-refractivity contribution in [3.05, 3.63) is 54.1 Å². The molecule has 0 aliphatic carbocycles. The second-order valence-corrected chi connectivity index (χ2v) is 6.53. The number of rotatable bonds is 3. The number of halogens is 9. The summed E-state index contributed by atoms with van der Waals surface area (Å²) in [5.41, 5.74) is -4.24. The number of hydrogen-bond donors (Lipinski definition) is 2. The molecule has 0 aliphatic heterocycles. The van der Waals surface area contributed by atoms with Crippen molar-refractivity contribution < 1.29 is 54.5 Å². The summed E-state index contributed by atoms with van der Waals surface area (Å²) < 4.78 is 109. The van der Waals surface area contributed by atoms with Crippen LogP contribution >= 0.6 is 0 Å². The number of carboxylic acids is 1. The van der Waals surface area contributed by atoms with Gasteiger partial charge in [0.2, 0.25) is 0 Å². The van der Waals surface area contributed by atoms with Gasteiger partial charge in [-0.1, -0.05) is 36.4 Å². The molecule has 0 aromatic heterocycles. The first kappa shape index (κ1) is 27.1. The quantitative estimate of drug-likeness (QED) is 0.585. The Hall–Kier alpha value is -2.96. The fraction of sp³-hybridized carbons (Fsp3) is 0.316. The summed E-state index contributed by atoms with van der Waals surface area (Å²) in [5, 5.41) is 16.5. The Morgan fingerprint density at radius 1 is 0.719 bits per heavy atom. The molecule has 2 rings (SSSR count). The third-order valence-electron chi connectivity index (χ3n) is 4.08. The molecule has 0 unspecified atom stereocenters. The van der Waals surface area contributed by atoms with Crippen LogP contribution < -0.4 is 4.90 Å². The smallest absolute Gasteiger partial charge is 0.475 e. The van der Waals surface area contributed by atoms with Gasteiger partial charge in [0.05, 0.1) is 0 Å². The minimum atomic E-state index is -5.89. The highest BCUT2D eigenvalue weighted by Crippen LogP contribution is 2.50. The molecule has 0 saturated heterocycles. The molecule has 178 valence electrons. The third kappa shape index (κ3) is 6.05. The van der Waals surface area contributed by atoms with Gasteiger partial charge in [0, 0.05) is 25.3 Å². The van der Waals surface area contributed by atoms with Crippen LogP contribution in [0.4, 0.5) is 45.2 Å². The molecule has 0 aliphatic rings. The maximum absolute atomic E-state index is 12.9. The summed E-state index contributed by atoms with van der Waals surface area (Å²) in [6.45, 7) is 0. The van der Waals surface area contributed by atoms with E-state index in [4.69, 9.17) is 9.90 Å². The van der Waals surface area contributed by atoms with E-state index in [0.717, 1.165) is 17.8 Å². The minimum Gasteiger partial charge on any atom is -0.475 e. The van der Waals surface area contributed by atoms with E-state index in [9.17, 15) is 44.6 Å². The van der Waals surface area contributed by atoms with E-state index in [1.54, 1.807) is 24.3 Å². The van der Waals surface area contributed by atoms with Gasteiger partial charge in [-0.25, -0.2) is 4.79 Å². The Morgan fingerprint density at radius 3 is 1.28 bits per heavy atom. The normalized spacial score (nSPS) is 12.6. The molecule has 0 fully saturated rings.